The van der Waals surface area contributed by atoms with E-state index in [1.54, 1.807) is 0 Å². The largest absolute Gasteiger partial charge is 0.494 e. The molecular formula is C22H27NO2. The summed E-state index contributed by atoms with van der Waals surface area (Å²) in [7, 11) is 0. The van der Waals surface area contributed by atoms with E-state index in [1.165, 1.54) is 42.4 Å². The Morgan fingerprint density at radius 1 is 1.08 bits per heavy atom. The maximum absolute atomic E-state index is 12.2. The standard InChI is InChI=1S/C22H27NO2/c1-17(19-14-13-18-8-5-6-9-20(18)16-19)23-22(24)12-7-15-25-21-10-3-2-4-11-21/h2-4,10-11,13-14,16-17H,5-9,12,15H2,1H3,(H,23,24)/t17-/m0/s1. The second-order valence-corrected chi connectivity index (χ2v) is 6.79. The number of rotatable bonds is 7. The predicted octanol–water partition coefficient (Wildman–Crippen LogP) is 4.60. The number of benzene rings is 2. The van der Waals surface area contributed by atoms with Crippen LogP contribution in [-0.2, 0) is 17.6 Å². The van der Waals surface area contributed by atoms with Crippen molar-refractivity contribution in [2.45, 2.75) is 51.5 Å². The van der Waals surface area contributed by atoms with Crippen LogP contribution in [0.15, 0.2) is 48.5 Å². The molecule has 0 saturated carbocycles. The number of ether oxygens (including phenoxy) is 1. The maximum atomic E-state index is 12.2. The highest BCUT2D eigenvalue weighted by atomic mass is 16.5. The van der Waals surface area contributed by atoms with E-state index in [0.29, 0.717) is 13.0 Å². The first-order valence-corrected chi connectivity index (χ1v) is 9.31. The molecule has 0 unspecified atom stereocenters. The Bertz CT molecular complexity index is 696. The van der Waals surface area contributed by atoms with Crippen molar-refractivity contribution in [3.05, 3.63) is 65.2 Å². The Labute approximate surface area is 150 Å². The minimum atomic E-state index is 0.0507. The summed E-state index contributed by atoms with van der Waals surface area (Å²) in [6, 6.07) is 16.4. The molecule has 2 aromatic rings. The third-order valence-electron chi connectivity index (χ3n) is 4.81. The molecule has 2 aromatic carbocycles. The Hall–Kier alpha value is -2.29. The normalized spacial score (nSPS) is 14.4. The van der Waals surface area contributed by atoms with E-state index in [1.807, 2.05) is 30.3 Å². The zero-order valence-corrected chi connectivity index (χ0v) is 15.0. The summed E-state index contributed by atoms with van der Waals surface area (Å²) in [6.07, 6.45) is 6.14. The van der Waals surface area contributed by atoms with Crippen molar-refractivity contribution in [1.29, 1.82) is 0 Å². The zero-order valence-electron chi connectivity index (χ0n) is 15.0. The van der Waals surface area contributed by atoms with Crippen LogP contribution in [0, 0.1) is 0 Å². The summed E-state index contributed by atoms with van der Waals surface area (Å²) < 4.78 is 5.63. The lowest BCUT2D eigenvalue weighted by atomic mass is 9.89. The number of hydrogen-bond donors (Lipinski definition) is 1. The highest BCUT2D eigenvalue weighted by molar-refractivity contribution is 5.76. The van der Waals surface area contributed by atoms with Gasteiger partial charge in [-0.2, -0.15) is 0 Å². The first-order valence-electron chi connectivity index (χ1n) is 9.31. The molecule has 1 aliphatic carbocycles. The van der Waals surface area contributed by atoms with Gasteiger partial charge in [-0.1, -0.05) is 36.4 Å². The van der Waals surface area contributed by atoms with E-state index in [-0.39, 0.29) is 11.9 Å². The van der Waals surface area contributed by atoms with Gasteiger partial charge in [-0.15, -0.1) is 0 Å². The van der Waals surface area contributed by atoms with Crippen molar-refractivity contribution >= 4 is 5.91 Å². The van der Waals surface area contributed by atoms with E-state index in [4.69, 9.17) is 4.74 Å². The van der Waals surface area contributed by atoms with E-state index in [0.717, 1.165) is 12.2 Å². The molecule has 0 bridgehead atoms. The lowest BCUT2D eigenvalue weighted by Gasteiger charge is -2.20. The summed E-state index contributed by atoms with van der Waals surface area (Å²) in [6.45, 7) is 2.62. The number of nitrogens with one attached hydrogen (secondary N) is 1. The van der Waals surface area contributed by atoms with E-state index < -0.39 is 0 Å². The number of carbonyl (C=O) groups excluding carboxylic acids is 1. The molecule has 1 atom stereocenters. The second kappa shape index (κ2) is 8.70. The van der Waals surface area contributed by atoms with Crippen LogP contribution in [0.1, 0.15) is 55.3 Å². The van der Waals surface area contributed by atoms with Crippen LogP contribution in [0.2, 0.25) is 0 Å². The number of aryl methyl sites for hydroxylation is 2. The molecule has 3 rings (SSSR count). The molecule has 3 heteroatoms. The average Bonchev–Trinajstić information content (AvgIpc) is 2.65. The number of hydrogen-bond acceptors (Lipinski definition) is 2. The number of fused-ring (bicyclic) bond motifs is 1. The lowest BCUT2D eigenvalue weighted by molar-refractivity contribution is -0.121. The van der Waals surface area contributed by atoms with Gasteiger partial charge in [0.05, 0.1) is 12.6 Å². The highest BCUT2D eigenvalue weighted by Crippen LogP contribution is 2.24. The van der Waals surface area contributed by atoms with Gasteiger partial charge in [-0.05, 0) is 67.9 Å². The zero-order chi connectivity index (χ0) is 17.5. The van der Waals surface area contributed by atoms with E-state index in [2.05, 4.69) is 30.4 Å². The fraction of sp³-hybridized carbons (Fsp3) is 0.409. The van der Waals surface area contributed by atoms with Gasteiger partial charge < -0.3 is 10.1 Å². The second-order valence-electron chi connectivity index (χ2n) is 6.79. The molecule has 3 nitrogen and oxygen atoms in total. The third-order valence-corrected chi connectivity index (χ3v) is 4.81. The summed E-state index contributed by atoms with van der Waals surface area (Å²) in [4.78, 5) is 12.2. The molecular weight excluding hydrogens is 310 g/mol. The fourth-order valence-electron chi connectivity index (χ4n) is 3.36. The minimum Gasteiger partial charge on any atom is -0.494 e. The van der Waals surface area contributed by atoms with Gasteiger partial charge in [-0.3, -0.25) is 4.79 Å². The molecule has 0 saturated heterocycles. The third kappa shape index (κ3) is 5.09. The molecule has 0 aliphatic heterocycles. The molecule has 0 fully saturated rings. The lowest BCUT2D eigenvalue weighted by Crippen LogP contribution is -2.27. The molecule has 25 heavy (non-hydrogen) atoms. The highest BCUT2D eigenvalue weighted by Gasteiger charge is 2.14. The van der Waals surface area contributed by atoms with E-state index in [9.17, 15) is 4.79 Å². The van der Waals surface area contributed by atoms with Crippen LogP contribution in [-0.4, -0.2) is 12.5 Å². The molecule has 132 valence electrons. The van der Waals surface area contributed by atoms with Crippen LogP contribution in [0.25, 0.3) is 0 Å². The molecule has 0 aromatic heterocycles. The van der Waals surface area contributed by atoms with Gasteiger partial charge in [0, 0.05) is 6.42 Å². The van der Waals surface area contributed by atoms with Gasteiger partial charge in [0.2, 0.25) is 5.91 Å². The molecule has 0 radical (unpaired) electrons. The summed E-state index contributed by atoms with van der Waals surface area (Å²) in [5.41, 5.74) is 4.14. The van der Waals surface area contributed by atoms with Crippen molar-refractivity contribution in [2.75, 3.05) is 6.61 Å². The fourth-order valence-corrected chi connectivity index (χ4v) is 3.36. The van der Waals surface area contributed by atoms with Crippen molar-refractivity contribution in [3.8, 4) is 5.75 Å². The molecule has 0 heterocycles. The van der Waals surface area contributed by atoms with Crippen LogP contribution in [0.3, 0.4) is 0 Å². The Kier molecular flexibility index (Phi) is 6.10. The summed E-state index contributed by atoms with van der Waals surface area (Å²) in [5, 5.41) is 3.11. The van der Waals surface area contributed by atoms with Crippen LogP contribution < -0.4 is 10.1 Å². The topological polar surface area (TPSA) is 38.3 Å². The van der Waals surface area contributed by atoms with Crippen molar-refractivity contribution < 1.29 is 9.53 Å². The number of amides is 1. The van der Waals surface area contributed by atoms with E-state index >= 15 is 0 Å². The SMILES string of the molecule is C[C@H](NC(=O)CCCOc1ccccc1)c1ccc2c(c1)CCCC2. The smallest absolute Gasteiger partial charge is 0.220 e. The first kappa shape index (κ1) is 17.5. The Balaban J connectivity index is 1.43. The molecule has 1 aliphatic rings. The van der Waals surface area contributed by atoms with Gasteiger partial charge in [0.15, 0.2) is 0 Å². The maximum Gasteiger partial charge on any atom is 0.220 e. The first-order chi connectivity index (χ1) is 12.2. The molecule has 1 N–H and O–H groups in total. The summed E-state index contributed by atoms with van der Waals surface area (Å²) in [5.74, 6) is 0.937. The predicted molar refractivity (Wildman–Crippen MR) is 101 cm³/mol. The van der Waals surface area contributed by atoms with Gasteiger partial charge in [0.1, 0.15) is 5.75 Å². The van der Waals surface area contributed by atoms with Gasteiger partial charge in [-0.25, -0.2) is 0 Å². The average molecular weight is 337 g/mol. The van der Waals surface area contributed by atoms with Crippen LogP contribution in [0.4, 0.5) is 0 Å². The van der Waals surface area contributed by atoms with Crippen LogP contribution in [0.5, 0.6) is 5.75 Å². The summed E-state index contributed by atoms with van der Waals surface area (Å²) >= 11 is 0. The van der Waals surface area contributed by atoms with Crippen molar-refractivity contribution in [1.82, 2.24) is 5.32 Å². The monoisotopic (exact) mass is 337 g/mol. The van der Waals surface area contributed by atoms with Gasteiger partial charge >= 0.3 is 0 Å². The van der Waals surface area contributed by atoms with Crippen molar-refractivity contribution in [2.24, 2.45) is 0 Å². The molecule has 1 amide bonds. The Morgan fingerprint density at radius 2 is 1.84 bits per heavy atom. The molecule has 0 spiro atoms. The van der Waals surface area contributed by atoms with Crippen LogP contribution >= 0.6 is 0 Å². The number of para-hydroxylation sites is 1. The van der Waals surface area contributed by atoms with Gasteiger partial charge in [0.25, 0.3) is 0 Å². The Morgan fingerprint density at radius 3 is 2.64 bits per heavy atom. The van der Waals surface area contributed by atoms with Crippen molar-refractivity contribution in [3.63, 3.8) is 0 Å². The number of carbonyl (C=O) groups is 1. The quantitative estimate of drug-likeness (QED) is 0.750. The minimum absolute atomic E-state index is 0.0507.